The van der Waals surface area contributed by atoms with Gasteiger partial charge in [0.15, 0.2) is 6.29 Å². The van der Waals surface area contributed by atoms with Gasteiger partial charge in [-0.1, -0.05) is 22.9 Å². The number of aryl methyl sites for hydroxylation is 1. The number of hydrogen-bond donors (Lipinski definition) is 0. The molecule has 76 valence electrons. The van der Waals surface area contributed by atoms with Crippen LogP contribution in [0.2, 0.25) is 5.02 Å². The van der Waals surface area contributed by atoms with Crippen LogP contribution in [0.1, 0.15) is 16.1 Å². The highest BCUT2D eigenvalue weighted by Crippen LogP contribution is 2.20. The van der Waals surface area contributed by atoms with Crippen LogP contribution < -0.4 is 0 Å². The molecule has 2 aromatic rings. The Morgan fingerprint density at radius 3 is 2.93 bits per heavy atom. The van der Waals surface area contributed by atoms with Crippen molar-refractivity contribution in [2.24, 2.45) is 0 Å². The van der Waals surface area contributed by atoms with Gasteiger partial charge in [0.2, 0.25) is 0 Å². The lowest BCUT2D eigenvalue weighted by Gasteiger charge is -2.03. The van der Waals surface area contributed by atoms with Crippen molar-refractivity contribution >= 4 is 17.9 Å². The van der Waals surface area contributed by atoms with Gasteiger partial charge in [-0.25, -0.2) is 4.68 Å². The van der Waals surface area contributed by atoms with E-state index in [4.69, 9.17) is 11.6 Å². The van der Waals surface area contributed by atoms with Gasteiger partial charge < -0.3 is 0 Å². The van der Waals surface area contributed by atoms with Crippen LogP contribution in [-0.4, -0.2) is 21.3 Å². The Hall–Kier alpha value is -1.68. The van der Waals surface area contributed by atoms with E-state index in [1.54, 1.807) is 6.07 Å². The highest BCUT2D eigenvalue weighted by atomic mass is 35.5. The Kier molecular flexibility index (Phi) is 2.51. The SMILES string of the molecule is Cc1ccc(Cl)c(-n2cc(C=O)nn2)c1. The van der Waals surface area contributed by atoms with E-state index in [9.17, 15) is 4.79 Å². The highest BCUT2D eigenvalue weighted by Gasteiger charge is 2.05. The Morgan fingerprint density at radius 2 is 2.27 bits per heavy atom. The topological polar surface area (TPSA) is 47.8 Å². The van der Waals surface area contributed by atoms with E-state index in [1.165, 1.54) is 10.9 Å². The second kappa shape index (κ2) is 3.82. The molecule has 0 aliphatic rings. The third-order valence-electron chi connectivity index (χ3n) is 1.98. The fourth-order valence-corrected chi connectivity index (χ4v) is 1.45. The van der Waals surface area contributed by atoms with E-state index in [0.29, 0.717) is 11.3 Å². The van der Waals surface area contributed by atoms with Crippen molar-refractivity contribution in [2.75, 3.05) is 0 Å². The van der Waals surface area contributed by atoms with Crippen molar-refractivity contribution in [2.45, 2.75) is 6.92 Å². The summed E-state index contributed by atoms with van der Waals surface area (Å²) in [5, 5.41) is 8.05. The molecule has 1 aromatic heterocycles. The molecule has 0 bridgehead atoms. The summed E-state index contributed by atoms with van der Waals surface area (Å²) in [6, 6.07) is 5.57. The number of aromatic nitrogens is 3. The van der Waals surface area contributed by atoms with Crippen LogP contribution in [0.25, 0.3) is 5.69 Å². The lowest BCUT2D eigenvalue weighted by atomic mass is 10.2. The summed E-state index contributed by atoms with van der Waals surface area (Å²) < 4.78 is 1.49. The number of nitrogens with zero attached hydrogens (tertiary/aromatic N) is 3. The van der Waals surface area contributed by atoms with Crippen LogP contribution in [0, 0.1) is 6.92 Å². The van der Waals surface area contributed by atoms with Crippen LogP contribution >= 0.6 is 11.6 Å². The van der Waals surface area contributed by atoms with Crippen molar-refractivity contribution in [1.82, 2.24) is 15.0 Å². The molecule has 1 heterocycles. The van der Waals surface area contributed by atoms with Gasteiger partial charge >= 0.3 is 0 Å². The molecule has 0 unspecified atom stereocenters. The Labute approximate surface area is 91.5 Å². The highest BCUT2D eigenvalue weighted by molar-refractivity contribution is 6.32. The smallest absolute Gasteiger partial charge is 0.171 e. The van der Waals surface area contributed by atoms with Crippen molar-refractivity contribution < 1.29 is 4.79 Å². The zero-order valence-corrected chi connectivity index (χ0v) is 8.77. The van der Waals surface area contributed by atoms with Gasteiger partial charge in [-0.15, -0.1) is 5.10 Å². The molecule has 0 radical (unpaired) electrons. The molecule has 0 aliphatic carbocycles. The van der Waals surface area contributed by atoms with Gasteiger partial charge in [0.05, 0.1) is 16.9 Å². The maximum Gasteiger partial charge on any atom is 0.171 e. The van der Waals surface area contributed by atoms with E-state index in [2.05, 4.69) is 10.3 Å². The van der Waals surface area contributed by atoms with E-state index >= 15 is 0 Å². The number of rotatable bonds is 2. The summed E-state index contributed by atoms with van der Waals surface area (Å²) in [7, 11) is 0. The lowest BCUT2D eigenvalue weighted by Crippen LogP contribution is -1.96. The largest absolute Gasteiger partial charge is 0.296 e. The first-order valence-corrected chi connectivity index (χ1v) is 4.72. The quantitative estimate of drug-likeness (QED) is 0.730. The molecule has 0 aliphatic heterocycles. The van der Waals surface area contributed by atoms with Gasteiger partial charge in [-0.2, -0.15) is 0 Å². The number of hydrogen-bond acceptors (Lipinski definition) is 3. The monoisotopic (exact) mass is 221 g/mol. The molecule has 0 saturated carbocycles. The molecule has 4 nitrogen and oxygen atoms in total. The minimum atomic E-state index is 0.285. The number of aldehydes is 1. The lowest BCUT2D eigenvalue weighted by molar-refractivity contribution is 0.111. The van der Waals surface area contributed by atoms with Crippen LogP contribution in [0.4, 0.5) is 0 Å². The number of benzene rings is 1. The van der Waals surface area contributed by atoms with Crippen LogP contribution in [0.15, 0.2) is 24.4 Å². The molecule has 0 amide bonds. The minimum Gasteiger partial charge on any atom is -0.296 e. The van der Waals surface area contributed by atoms with Crippen LogP contribution in [-0.2, 0) is 0 Å². The number of carbonyl (C=O) groups is 1. The first-order valence-electron chi connectivity index (χ1n) is 4.35. The van der Waals surface area contributed by atoms with Crippen molar-refractivity contribution in [3.8, 4) is 5.69 Å². The third-order valence-corrected chi connectivity index (χ3v) is 2.30. The second-order valence-corrected chi connectivity index (χ2v) is 3.57. The summed E-state index contributed by atoms with van der Waals surface area (Å²) in [5.41, 5.74) is 2.07. The molecule has 0 atom stereocenters. The Balaban J connectivity index is 2.52. The first kappa shape index (κ1) is 9.86. The van der Waals surface area contributed by atoms with E-state index in [1.807, 2.05) is 19.1 Å². The second-order valence-electron chi connectivity index (χ2n) is 3.16. The van der Waals surface area contributed by atoms with E-state index in [0.717, 1.165) is 11.3 Å². The molecule has 0 saturated heterocycles. The van der Waals surface area contributed by atoms with Gasteiger partial charge in [0, 0.05) is 0 Å². The molecular formula is C10H8ClN3O. The van der Waals surface area contributed by atoms with Crippen molar-refractivity contribution in [3.63, 3.8) is 0 Å². The van der Waals surface area contributed by atoms with Gasteiger partial charge in [-0.05, 0) is 24.6 Å². The van der Waals surface area contributed by atoms with Gasteiger partial charge in [-0.3, -0.25) is 4.79 Å². The van der Waals surface area contributed by atoms with Crippen LogP contribution in [0.3, 0.4) is 0 Å². The average molecular weight is 222 g/mol. The zero-order valence-electron chi connectivity index (χ0n) is 8.01. The summed E-state index contributed by atoms with van der Waals surface area (Å²) >= 11 is 6.01. The Morgan fingerprint density at radius 1 is 1.47 bits per heavy atom. The first-order chi connectivity index (χ1) is 7.20. The fourth-order valence-electron chi connectivity index (χ4n) is 1.25. The summed E-state index contributed by atoms with van der Waals surface area (Å²) in [4.78, 5) is 10.5. The summed E-state index contributed by atoms with van der Waals surface area (Å²) in [5.74, 6) is 0. The van der Waals surface area contributed by atoms with Crippen molar-refractivity contribution in [1.29, 1.82) is 0 Å². The minimum absolute atomic E-state index is 0.285. The van der Waals surface area contributed by atoms with E-state index < -0.39 is 0 Å². The molecule has 2 rings (SSSR count). The number of carbonyl (C=O) groups excluding carboxylic acids is 1. The fraction of sp³-hybridized carbons (Fsp3) is 0.100. The van der Waals surface area contributed by atoms with E-state index in [-0.39, 0.29) is 5.69 Å². The maximum absolute atomic E-state index is 10.5. The maximum atomic E-state index is 10.5. The summed E-state index contributed by atoms with van der Waals surface area (Å²) in [6.45, 7) is 1.96. The van der Waals surface area contributed by atoms with Crippen molar-refractivity contribution in [3.05, 3.63) is 40.7 Å². The standard InChI is InChI=1S/C10H8ClN3O/c1-7-2-3-9(11)10(4-7)14-5-8(6-15)12-13-14/h2-6H,1H3. The normalized spacial score (nSPS) is 10.3. The predicted molar refractivity (Wildman–Crippen MR) is 56.5 cm³/mol. The molecule has 0 spiro atoms. The molecule has 0 N–H and O–H groups in total. The molecule has 15 heavy (non-hydrogen) atoms. The van der Waals surface area contributed by atoms with Crippen LogP contribution in [0.5, 0.6) is 0 Å². The molecule has 5 heteroatoms. The van der Waals surface area contributed by atoms with Gasteiger partial charge in [0.1, 0.15) is 5.69 Å². The number of halogens is 1. The predicted octanol–water partition coefficient (Wildman–Crippen LogP) is 2.04. The zero-order chi connectivity index (χ0) is 10.8. The summed E-state index contributed by atoms with van der Waals surface area (Å²) in [6.07, 6.45) is 2.18. The van der Waals surface area contributed by atoms with Gasteiger partial charge in [0.25, 0.3) is 0 Å². The third kappa shape index (κ3) is 1.89. The molecule has 0 fully saturated rings. The Bertz CT molecular complexity index is 507. The molecule has 1 aromatic carbocycles. The molecular weight excluding hydrogens is 214 g/mol. The average Bonchev–Trinajstić information content (AvgIpc) is 2.70.